The maximum Gasteiger partial charge on any atom is 0.277 e. The Bertz CT molecular complexity index is 1570. The Morgan fingerprint density at radius 1 is 1.05 bits per heavy atom. The van der Waals surface area contributed by atoms with Crippen molar-refractivity contribution in [2.24, 2.45) is 11.8 Å². The first-order valence-corrected chi connectivity index (χ1v) is 15.6. The van der Waals surface area contributed by atoms with Crippen molar-refractivity contribution in [3.63, 3.8) is 0 Å². The summed E-state index contributed by atoms with van der Waals surface area (Å²) in [6.45, 7) is 4.73. The van der Waals surface area contributed by atoms with Gasteiger partial charge in [-0.25, -0.2) is 4.98 Å². The number of imidazole rings is 1. The fraction of sp³-hybridized carbons (Fsp3) is 0.485. The number of aromatic nitrogens is 2. The molecule has 3 aromatic rings. The number of nitrogens with zero attached hydrogens (tertiary/aromatic N) is 4. The monoisotopic (exact) mass is 602 g/mol. The maximum absolute atomic E-state index is 15.3. The number of hydrogen-bond donors (Lipinski definition) is 2. The largest absolute Gasteiger partial charge is 0.344 e. The lowest BCUT2D eigenvalue weighted by Gasteiger charge is -2.51. The van der Waals surface area contributed by atoms with Crippen LogP contribution in [0, 0.1) is 24.7 Å². The Kier molecular flexibility index (Phi) is 8.38. The summed E-state index contributed by atoms with van der Waals surface area (Å²) in [4.78, 5) is 61.4. The summed E-state index contributed by atoms with van der Waals surface area (Å²) in [6, 6.07) is 11.6. The number of benzene rings is 1. The number of nitrogens with one attached hydrogen (secondary N) is 2. The predicted octanol–water partition coefficient (Wildman–Crippen LogP) is 2.88. The third-order valence-corrected chi connectivity index (χ3v) is 9.30. The third kappa shape index (κ3) is 6.05. The van der Waals surface area contributed by atoms with Crippen molar-refractivity contribution >= 4 is 29.3 Å². The van der Waals surface area contributed by atoms with Gasteiger partial charge in [-0.3, -0.25) is 23.6 Å². The van der Waals surface area contributed by atoms with Gasteiger partial charge in [-0.05, 0) is 75.0 Å². The maximum atomic E-state index is 15.3. The second kappa shape index (κ2) is 12.4. The summed E-state index contributed by atoms with van der Waals surface area (Å²) in [5.74, 6) is -1.88. The number of amides is 4. The van der Waals surface area contributed by atoms with Crippen LogP contribution in [0.5, 0.6) is 0 Å². The lowest BCUT2D eigenvalue weighted by molar-refractivity contribution is -0.145. The number of pyridine rings is 1. The highest BCUT2D eigenvalue weighted by atomic mass is 19.1. The smallest absolute Gasteiger partial charge is 0.277 e. The van der Waals surface area contributed by atoms with Crippen LogP contribution in [0.15, 0.2) is 48.7 Å². The molecular formula is C33H39FN6O4. The normalized spacial score (nSPS) is 26.3. The Balaban J connectivity index is 1.17. The van der Waals surface area contributed by atoms with Crippen LogP contribution >= 0.6 is 0 Å². The molecule has 0 aliphatic carbocycles. The van der Waals surface area contributed by atoms with Gasteiger partial charge >= 0.3 is 0 Å². The number of halogens is 1. The molecule has 2 bridgehead atoms. The van der Waals surface area contributed by atoms with Gasteiger partial charge in [0.2, 0.25) is 23.7 Å². The number of carbonyl (C=O) groups is 4. The number of piperidine rings is 2. The van der Waals surface area contributed by atoms with Crippen molar-refractivity contribution < 1.29 is 23.6 Å². The van der Waals surface area contributed by atoms with E-state index in [2.05, 4.69) is 15.6 Å². The van der Waals surface area contributed by atoms with Crippen LogP contribution in [-0.4, -0.2) is 80.6 Å². The SMILES string of the molecule is Cc1ccc2nc(C(=O)N3C[C@@H]4C[C@H](C3)[C@@H]3CCCC(=O)N[C@@H](CCc5ccccc5)C(=O)N[C@H](C)C(=O)N3C4)c(F)n2c1. The second-order valence-corrected chi connectivity index (χ2v) is 12.6. The minimum Gasteiger partial charge on any atom is -0.344 e. The van der Waals surface area contributed by atoms with Gasteiger partial charge in [0, 0.05) is 38.3 Å². The summed E-state index contributed by atoms with van der Waals surface area (Å²) in [7, 11) is 0. The zero-order valence-electron chi connectivity index (χ0n) is 25.2. The first-order chi connectivity index (χ1) is 21.2. The fourth-order valence-corrected chi connectivity index (χ4v) is 7.13. The molecule has 10 nitrogen and oxygen atoms in total. The second-order valence-electron chi connectivity index (χ2n) is 12.6. The van der Waals surface area contributed by atoms with E-state index in [-0.39, 0.29) is 47.7 Å². The van der Waals surface area contributed by atoms with E-state index in [1.807, 2.05) is 48.2 Å². The highest BCUT2D eigenvalue weighted by Crippen LogP contribution is 2.36. The summed E-state index contributed by atoms with van der Waals surface area (Å²) in [5, 5.41) is 5.76. The van der Waals surface area contributed by atoms with Crippen molar-refractivity contribution in [3.05, 3.63) is 71.4 Å². The molecule has 44 heavy (non-hydrogen) atoms. The average molecular weight is 603 g/mol. The quantitative estimate of drug-likeness (QED) is 0.477. The minimum atomic E-state index is -0.771. The van der Waals surface area contributed by atoms with Gasteiger partial charge < -0.3 is 20.4 Å². The van der Waals surface area contributed by atoms with E-state index < -0.39 is 23.9 Å². The van der Waals surface area contributed by atoms with E-state index >= 15 is 4.39 Å². The molecule has 2 aromatic heterocycles. The summed E-state index contributed by atoms with van der Waals surface area (Å²) in [6.07, 6.45) is 4.86. The van der Waals surface area contributed by atoms with Gasteiger partial charge in [0.15, 0.2) is 5.69 Å². The summed E-state index contributed by atoms with van der Waals surface area (Å²) < 4.78 is 16.6. The standard InChI is InChI=1S/C33H39FN6O4/c1-20-11-14-27-37-29(30(34)40(27)16-20)33(44)38-17-23-15-24(19-38)26-9-6-10-28(41)36-25(13-12-22-7-4-3-5-8-22)31(42)35-21(2)32(43)39(26)18-23/h3-5,7-8,11,14,16,21,23-26H,6,9-10,12-13,15,17-19H2,1-2H3,(H,35,42)(H,36,41)/t21-,23+,24-,25+,26+/m1/s1. The van der Waals surface area contributed by atoms with E-state index in [1.54, 1.807) is 24.1 Å². The van der Waals surface area contributed by atoms with Gasteiger partial charge in [0.05, 0.1) is 0 Å². The van der Waals surface area contributed by atoms with Gasteiger partial charge in [0.25, 0.3) is 5.91 Å². The van der Waals surface area contributed by atoms with E-state index in [0.29, 0.717) is 51.0 Å². The van der Waals surface area contributed by atoms with E-state index in [9.17, 15) is 19.2 Å². The molecule has 3 saturated heterocycles. The molecule has 5 atom stereocenters. The number of rotatable bonds is 4. The van der Waals surface area contributed by atoms with Crippen molar-refractivity contribution in [3.8, 4) is 0 Å². The molecule has 5 heterocycles. The first kappa shape index (κ1) is 29.8. The molecule has 4 amide bonds. The topological polar surface area (TPSA) is 116 Å². The zero-order valence-corrected chi connectivity index (χ0v) is 25.2. The molecule has 3 aliphatic heterocycles. The highest BCUT2D eigenvalue weighted by molar-refractivity contribution is 5.94. The fourth-order valence-electron chi connectivity index (χ4n) is 7.13. The molecule has 3 fully saturated rings. The van der Waals surface area contributed by atoms with Crippen LogP contribution in [0.4, 0.5) is 4.39 Å². The number of carbonyl (C=O) groups excluding carboxylic acids is 4. The Labute approximate surface area is 256 Å². The van der Waals surface area contributed by atoms with Gasteiger partial charge in [0.1, 0.15) is 17.7 Å². The van der Waals surface area contributed by atoms with Crippen molar-refractivity contribution in [2.45, 2.75) is 70.5 Å². The average Bonchev–Trinajstić information content (AvgIpc) is 3.34. The molecule has 1 aromatic carbocycles. The molecule has 0 spiro atoms. The molecule has 2 N–H and O–H groups in total. The number of aryl methyl sites for hydroxylation is 2. The zero-order chi connectivity index (χ0) is 31.0. The van der Waals surface area contributed by atoms with Crippen LogP contribution in [0.1, 0.15) is 60.6 Å². The Hall–Kier alpha value is -4.28. The number of fused-ring (bicyclic) bond motifs is 5. The van der Waals surface area contributed by atoms with Crippen LogP contribution in [0.25, 0.3) is 5.65 Å². The van der Waals surface area contributed by atoms with Crippen LogP contribution in [0.3, 0.4) is 0 Å². The molecule has 232 valence electrons. The molecule has 3 aliphatic rings. The van der Waals surface area contributed by atoms with Gasteiger partial charge in [-0.2, -0.15) is 4.39 Å². The lowest BCUT2D eigenvalue weighted by atomic mass is 9.77. The molecule has 0 saturated carbocycles. The van der Waals surface area contributed by atoms with Crippen molar-refractivity contribution in [1.82, 2.24) is 29.8 Å². The van der Waals surface area contributed by atoms with Crippen molar-refractivity contribution in [1.29, 1.82) is 0 Å². The van der Waals surface area contributed by atoms with E-state index in [0.717, 1.165) is 17.5 Å². The number of hydrogen-bond acceptors (Lipinski definition) is 5. The van der Waals surface area contributed by atoms with Crippen LogP contribution < -0.4 is 10.6 Å². The summed E-state index contributed by atoms with van der Waals surface area (Å²) in [5.41, 5.74) is 2.10. The molecule has 0 radical (unpaired) electrons. The Morgan fingerprint density at radius 2 is 1.84 bits per heavy atom. The number of likely N-dealkylation sites (tertiary alicyclic amines) is 1. The van der Waals surface area contributed by atoms with Gasteiger partial charge in [-0.15, -0.1) is 0 Å². The molecule has 11 heteroatoms. The Morgan fingerprint density at radius 3 is 2.64 bits per heavy atom. The third-order valence-electron chi connectivity index (χ3n) is 9.30. The van der Waals surface area contributed by atoms with E-state index in [4.69, 9.17) is 0 Å². The molecular weight excluding hydrogens is 563 g/mol. The summed E-state index contributed by atoms with van der Waals surface area (Å²) >= 11 is 0. The van der Waals surface area contributed by atoms with Crippen LogP contribution in [-0.2, 0) is 20.8 Å². The minimum absolute atomic E-state index is 0.0120. The highest BCUT2D eigenvalue weighted by Gasteiger charge is 2.45. The van der Waals surface area contributed by atoms with Gasteiger partial charge in [-0.1, -0.05) is 36.4 Å². The van der Waals surface area contributed by atoms with Crippen LogP contribution in [0.2, 0.25) is 0 Å². The van der Waals surface area contributed by atoms with E-state index in [1.165, 1.54) is 4.40 Å². The molecule has 6 rings (SSSR count). The lowest BCUT2D eigenvalue weighted by Crippen LogP contribution is -2.63. The predicted molar refractivity (Wildman–Crippen MR) is 161 cm³/mol. The first-order valence-electron chi connectivity index (χ1n) is 15.6. The molecule has 0 unspecified atom stereocenters. The van der Waals surface area contributed by atoms with Crippen molar-refractivity contribution in [2.75, 3.05) is 19.6 Å².